The third-order valence-corrected chi connectivity index (χ3v) is 4.53. The minimum Gasteiger partial charge on any atom is -0.459 e. The summed E-state index contributed by atoms with van der Waals surface area (Å²) in [5.41, 5.74) is 1.79. The minimum absolute atomic E-state index is 0.325. The first kappa shape index (κ1) is 22.2. The molecule has 1 rings (SSSR count). The minimum atomic E-state index is -0.757. The lowest BCUT2D eigenvalue weighted by Crippen LogP contribution is -2.37. The molecule has 0 N–H and O–H groups in total. The topological polar surface area (TPSA) is 46.6 Å². The molecule has 0 spiro atoms. The number of nitrogens with zero attached hydrogens (tertiary/aromatic N) is 1. The van der Waals surface area contributed by atoms with Crippen LogP contribution in [-0.2, 0) is 14.3 Å². The molecule has 4 nitrogen and oxygen atoms in total. The normalized spacial score (nSPS) is 10.6. The second-order valence-corrected chi connectivity index (χ2v) is 6.85. The van der Waals surface area contributed by atoms with Gasteiger partial charge in [0.05, 0.1) is 6.61 Å². The second-order valence-electron chi connectivity index (χ2n) is 6.85. The van der Waals surface area contributed by atoms with Gasteiger partial charge in [-0.15, -0.1) is 0 Å². The van der Waals surface area contributed by atoms with Crippen LogP contribution in [0.15, 0.2) is 24.3 Å². The molecule has 0 saturated carbocycles. The Morgan fingerprint density at radius 2 is 1.54 bits per heavy atom. The van der Waals surface area contributed by atoms with Crippen molar-refractivity contribution in [2.45, 2.75) is 78.6 Å². The summed E-state index contributed by atoms with van der Waals surface area (Å²) < 4.78 is 5.17. The Morgan fingerprint density at radius 3 is 2.12 bits per heavy atom. The van der Waals surface area contributed by atoms with Gasteiger partial charge in [0.25, 0.3) is 0 Å². The van der Waals surface area contributed by atoms with E-state index < -0.39 is 11.9 Å². The van der Waals surface area contributed by atoms with Gasteiger partial charge in [-0.25, -0.2) is 4.79 Å². The molecule has 0 bridgehead atoms. The number of anilines is 1. The van der Waals surface area contributed by atoms with Gasteiger partial charge in [0.1, 0.15) is 0 Å². The molecule has 0 radical (unpaired) electrons. The number of ether oxygens (including phenoxy) is 1. The third kappa shape index (κ3) is 8.50. The maximum Gasteiger partial charge on any atom is 0.397 e. The number of aryl methyl sites for hydroxylation is 1. The molecule has 0 aliphatic carbocycles. The highest BCUT2D eigenvalue weighted by molar-refractivity contribution is 6.38. The molecule has 1 amide bonds. The molecule has 0 aliphatic rings. The lowest BCUT2D eigenvalue weighted by molar-refractivity contribution is -0.153. The molecule has 1 aromatic carbocycles. The summed E-state index contributed by atoms with van der Waals surface area (Å²) in [6, 6.07) is 7.58. The van der Waals surface area contributed by atoms with Crippen LogP contribution < -0.4 is 4.90 Å². The van der Waals surface area contributed by atoms with E-state index in [1.54, 1.807) is 0 Å². The lowest BCUT2D eigenvalue weighted by atomic mass is 10.1. The summed E-state index contributed by atoms with van der Waals surface area (Å²) >= 11 is 0. The van der Waals surface area contributed by atoms with Crippen LogP contribution in [0.3, 0.4) is 0 Å². The Balaban J connectivity index is 2.22. The fraction of sp³-hybridized carbons (Fsp3) is 0.636. The number of esters is 1. The van der Waals surface area contributed by atoms with E-state index >= 15 is 0 Å². The maximum absolute atomic E-state index is 12.3. The van der Waals surface area contributed by atoms with Crippen molar-refractivity contribution in [3.8, 4) is 0 Å². The average molecular weight is 362 g/mol. The predicted molar refractivity (Wildman–Crippen MR) is 107 cm³/mol. The number of rotatable bonds is 12. The quantitative estimate of drug-likeness (QED) is 0.284. The van der Waals surface area contributed by atoms with E-state index in [0.717, 1.165) is 24.1 Å². The zero-order valence-corrected chi connectivity index (χ0v) is 16.8. The van der Waals surface area contributed by atoms with Gasteiger partial charge in [-0.1, -0.05) is 70.4 Å². The summed E-state index contributed by atoms with van der Waals surface area (Å²) in [7, 11) is 0. The fourth-order valence-electron chi connectivity index (χ4n) is 2.99. The Labute approximate surface area is 158 Å². The van der Waals surface area contributed by atoms with E-state index in [1.165, 1.54) is 49.8 Å². The molecule has 26 heavy (non-hydrogen) atoms. The van der Waals surface area contributed by atoms with Gasteiger partial charge in [0.15, 0.2) is 0 Å². The molecule has 0 heterocycles. The average Bonchev–Trinajstić information content (AvgIpc) is 2.63. The number of carbonyl (C=O) groups is 2. The van der Waals surface area contributed by atoms with Crippen LogP contribution in [-0.4, -0.2) is 25.0 Å². The fourth-order valence-corrected chi connectivity index (χ4v) is 2.99. The molecular weight excluding hydrogens is 326 g/mol. The van der Waals surface area contributed by atoms with E-state index in [9.17, 15) is 9.59 Å². The SMILES string of the molecule is CCCCCCCCCCCOC(=O)C(=O)N(CC)c1cccc(C)c1. The number of amides is 1. The van der Waals surface area contributed by atoms with Crippen LogP contribution in [0.2, 0.25) is 0 Å². The van der Waals surface area contributed by atoms with Crippen LogP contribution >= 0.6 is 0 Å². The van der Waals surface area contributed by atoms with Crippen LogP contribution in [0.4, 0.5) is 5.69 Å². The highest BCUT2D eigenvalue weighted by atomic mass is 16.5. The van der Waals surface area contributed by atoms with Crippen molar-refractivity contribution < 1.29 is 14.3 Å². The van der Waals surface area contributed by atoms with Crippen molar-refractivity contribution in [2.24, 2.45) is 0 Å². The standard InChI is InChI=1S/C22H35NO3/c1-4-6-7-8-9-10-11-12-13-17-26-22(25)21(24)23(5-2)20-16-14-15-19(3)18-20/h14-16,18H,4-13,17H2,1-3H3. The molecule has 0 saturated heterocycles. The van der Waals surface area contributed by atoms with Gasteiger partial charge in [-0.2, -0.15) is 0 Å². The third-order valence-electron chi connectivity index (χ3n) is 4.53. The first-order chi connectivity index (χ1) is 12.6. The van der Waals surface area contributed by atoms with Crippen molar-refractivity contribution in [3.63, 3.8) is 0 Å². The van der Waals surface area contributed by atoms with Gasteiger partial charge < -0.3 is 9.64 Å². The number of hydrogen-bond donors (Lipinski definition) is 0. The number of benzene rings is 1. The number of likely N-dealkylation sites (N-methyl/N-ethyl adjacent to an activating group) is 1. The van der Waals surface area contributed by atoms with Gasteiger partial charge in [0.2, 0.25) is 0 Å². The van der Waals surface area contributed by atoms with Crippen LogP contribution in [0.5, 0.6) is 0 Å². The molecule has 146 valence electrons. The monoisotopic (exact) mass is 361 g/mol. The Hall–Kier alpha value is -1.84. The van der Waals surface area contributed by atoms with Crippen molar-refractivity contribution in [1.29, 1.82) is 0 Å². The molecule has 0 aromatic heterocycles. The number of unbranched alkanes of at least 4 members (excludes halogenated alkanes) is 8. The zero-order chi connectivity index (χ0) is 19.2. The largest absolute Gasteiger partial charge is 0.459 e. The van der Waals surface area contributed by atoms with E-state index in [0.29, 0.717) is 13.2 Å². The summed E-state index contributed by atoms with van der Waals surface area (Å²) in [4.78, 5) is 25.8. The Kier molecular flexibility index (Phi) is 11.4. The molecule has 1 aromatic rings. The van der Waals surface area contributed by atoms with Crippen molar-refractivity contribution >= 4 is 17.6 Å². The van der Waals surface area contributed by atoms with E-state index in [-0.39, 0.29) is 0 Å². The van der Waals surface area contributed by atoms with Gasteiger partial charge in [0, 0.05) is 12.2 Å². The molecule has 4 heteroatoms. The predicted octanol–water partition coefficient (Wildman–Crippen LogP) is 5.42. The van der Waals surface area contributed by atoms with E-state index in [4.69, 9.17) is 4.74 Å². The highest BCUT2D eigenvalue weighted by Gasteiger charge is 2.23. The molecular formula is C22H35NO3. The molecule has 0 fully saturated rings. The molecule has 0 unspecified atom stereocenters. The molecule has 0 aliphatic heterocycles. The van der Waals surface area contributed by atoms with Gasteiger partial charge >= 0.3 is 11.9 Å². The summed E-state index contributed by atoms with van der Waals surface area (Å²) in [5, 5.41) is 0. The van der Waals surface area contributed by atoms with E-state index in [1.807, 2.05) is 38.1 Å². The van der Waals surface area contributed by atoms with Gasteiger partial charge in [-0.3, -0.25) is 4.79 Å². The van der Waals surface area contributed by atoms with Crippen molar-refractivity contribution in [2.75, 3.05) is 18.1 Å². The van der Waals surface area contributed by atoms with Crippen LogP contribution in [0.1, 0.15) is 77.2 Å². The van der Waals surface area contributed by atoms with Crippen LogP contribution in [0, 0.1) is 6.92 Å². The lowest BCUT2D eigenvalue weighted by Gasteiger charge is -2.20. The summed E-state index contributed by atoms with van der Waals surface area (Å²) in [5.74, 6) is -1.35. The maximum atomic E-state index is 12.3. The van der Waals surface area contributed by atoms with E-state index in [2.05, 4.69) is 6.92 Å². The van der Waals surface area contributed by atoms with Crippen molar-refractivity contribution in [3.05, 3.63) is 29.8 Å². The number of hydrogen-bond acceptors (Lipinski definition) is 3. The Morgan fingerprint density at radius 1 is 0.923 bits per heavy atom. The Bertz CT molecular complexity index is 542. The molecule has 0 atom stereocenters. The second kappa shape index (κ2) is 13.4. The first-order valence-electron chi connectivity index (χ1n) is 10.2. The van der Waals surface area contributed by atoms with Crippen molar-refractivity contribution in [1.82, 2.24) is 0 Å². The van der Waals surface area contributed by atoms with Crippen LogP contribution in [0.25, 0.3) is 0 Å². The summed E-state index contributed by atoms with van der Waals surface area (Å²) in [6.07, 6.45) is 10.9. The summed E-state index contributed by atoms with van der Waals surface area (Å²) in [6.45, 7) is 6.81. The number of carbonyl (C=O) groups excluding carboxylic acids is 2. The zero-order valence-electron chi connectivity index (χ0n) is 16.8. The first-order valence-corrected chi connectivity index (χ1v) is 10.2. The highest BCUT2D eigenvalue weighted by Crippen LogP contribution is 2.16. The van der Waals surface area contributed by atoms with Gasteiger partial charge in [-0.05, 0) is 38.0 Å². The smallest absolute Gasteiger partial charge is 0.397 e.